The van der Waals surface area contributed by atoms with Crippen LogP contribution in [0.3, 0.4) is 0 Å². The molecule has 2 aromatic carbocycles. The van der Waals surface area contributed by atoms with E-state index in [4.69, 9.17) is 16.3 Å². The second-order valence-electron chi connectivity index (χ2n) is 5.09. The minimum absolute atomic E-state index is 0.0130. The topological polar surface area (TPSA) is 81.2 Å². The Labute approximate surface area is 152 Å². The number of anilines is 1. The molecule has 8 heteroatoms. The van der Waals surface area contributed by atoms with E-state index in [0.29, 0.717) is 0 Å². The van der Waals surface area contributed by atoms with E-state index >= 15 is 0 Å². The molecule has 26 heavy (non-hydrogen) atoms. The van der Waals surface area contributed by atoms with Crippen molar-refractivity contribution in [1.82, 2.24) is 9.97 Å². The number of ether oxygens (including phenoxy) is 1. The summed E-state index contributed by atoms with van der Waals surface area (Å²) in [5.74, 6) is -1.90. The molecular formula is C18H11ClFN3O3. The SMILES string of the molecule is O=C(Oc1ccc(Cl)cc1C(=O)Nc1cccc(F)c1)c1cnccn1. The van der Waals surface area contributed by atoms with Crippen molar-refractivity contribution in [2.24, 2.45) is 0 Å². The number of hydrogen-bond acceptors (Lipinski definition) is 5. The molecule has 0 radical (unpaired) electrons. The minimum Gasteiger partial charge on any atom is -0.421 e. The number of nitrogens with zero attached hydrogens (tertiary/aromatic N) is 2. The number of hydrogen-bond donors (Lipinski definition) is 1. The minimum atomic E-state index is -0.778. The van der Waals surface area contributed by atoms with Crippen molar-refractivity contribution in [1.29, 1.82) is 0 Å². The van der Waals surface area contributed by atoms with Gasteiger partial charge in [-0.3, -0.25) is 9.78 Å². The molecule has 130 valence electrons. The van der Waals surface area contributed by atoms with E-state index in [0.717, 1.165) is 6.07 Å². The number of esters is 1. The Kier molecular flexibility index (Phi) is 5.19. The number of aromatic nitrogens is 2. The Morgan fingerprint density at radius 1 is 1.12 bits per heavy atom. The van der Waals surface area contributed by atoms with Crippen molar-refractivity contribution < 1.29 is 18.7 Å². The van der Waals surface area contributed by atoms with Crippen LogP contribution in [0.15, 0.2) is 61.1 Å². The predicted molar refractivity (Wildman–Crippen MR) is 92.8 cm³/mol. The van der Waals surface area contributed by atoms with Crippen LogP contribution < -0.4 is 10.1 Å². The van der Waals surface area contributed by atoms with E-state index in [9.17, 15) is 14.0 Å². The van der Waals surface area contributed by atoms with Crippen molar-refractivity contribution >= 4 is 29.2 Å². The van der Waals surface area contributed by atoms with Crippen molar-refractivity contribution in [3.63, 3.8) is 0 Å². The van der Waals surface area contributed by atoms with Gasteiger partial charge in [-0.15, -0.1) is 0 Å². The van der Waals surface area contributed by atoms with Gasteiger partial charge in [0, 0.05) is 23.1 Å². The van der Waals surface area contributed by atoms with Crippen molar-refractivity contribution in [2.45, 2.75) is 0 Å². The molecule has 0 fully saturated rings. The summed E-state index contributed by atoms with van der Waals surface area (Å²) in [5.41, 5.74) is 0.249. The van der Waals surface area contributed by atoms with Gasteiger partial charge in [0.1, 0.15) is 11.6 Å². The largest absolute Gasteiger partial charge is 0.421 e. The maximum Gasteiger partial charge on any atom is 0.363 e. The predicted octanol–water partition coefficient (Wildman–Crippen LogP) is 3.74. The Bertz CT molecular complexity index is 967. The summed E-state index contributed by atoms with van der Waals surface area (Å²) >= 11 is 5.94. The van der Waals surface area contributed by atoms with Crippen LogP contribution in [0.2, 0.25) is 5.02 Å². The molecule has 0 aliphatic rings. The molecule has 0 saturated carbocycles. The molecule has 1 heterocycles. The molecule has 0 atom stereocenters. The lowest BCUT2D eigenvalue weighted by atomic mass is 10.1. The molecule has 6 nitrogen and oxygen atoms in total. The van der Waals surface area contributed by atoms with Gasteiger partial charge >= 0.3 is 5.97 Å². The smallest absolute Gasteiger partial charge is 0.363 e. The highest BCUT2D eigenvalue weighted by molar-refractivity contribution is 6.31. The summed E-state index contributed by atoms with van der Waals surface area (Å²) < 4.78 is 18.5. The quantitative estimate of drug-likeness (QED) is 0.558. The molecule has 1 N–H and O–H groups in total. The highest BCUT2D eigenvalue weighted by atomic mass is 35.5. The summed E-state index contributed by atoms with van der Waals surface area (Å²) in [7, 11) is 0. The van der Waals surface area contributed by atoms with Gasteiger partial charge in [-0.05, 0) is 36.4 Å². The summed E-state index contributed by atoms with van der Waals surface area (Å²) in [5, 5.41) is 2.79. The first-order valence-electron chi connectivity index (χ1n) is 7.37. The van der Waals surface area contributed by atoms with E-state index in [-0.39, 0.29) is 27.7 Å². The molecule has 0 aliphatic carbocycles. The molecule has 3 aromatic rings. The Hall–Kier alpha value is -3.32. The highest BCUT2D eigenvalue weighted by Gasteiger charge is 2.18. The number of carbonyl (C=O) groups excluding carboxylic acids is 2. The Morgan fingerprint density at radius 2 is 1.96 bits per heavy atom. The standard InChI is InChI=1S/C18H11ClFN3O3/c19-11-4-5-16(26-18(25)15-10-21-6-7-22-15)14(8-11)17(24)23-13-3-1-2-12(20)9-13/h1-10H,(H,23,24). The van der Waals surface area contributed by atoms with Gasteiger partial charge < -0.3 is 10.1 Å². The van der Waals surface area contributed by atoms with Crippen molar-refractivity contribution in [3.05, 3.63) is 83.2 Å². The first kappa shape index (κ1) is 17.5. The monoisotopic (exact) mass is 371 g/mol. The molecule has 0 unspecified atom stereocenters. The van der Waals surface area contributed by atoms with Gasteiger partial charge in [0.2, 0.25) is 0 Å². The molecule has 3 rings (SSSR count). The van der Waals surface area contributed by atoms with E-state index in [1.54, 1.807) is 0 Å². The molecular weight excluding hydrogens is 361 g/mol. The average molecular weight is 372 g/mol. The van der Waals surface area contributed by atoms with E-state index < -0.39 is 17.7 Å². The van der Waals surface area contributed by atoms with Gasteiger partial charge in [0.25, 0.3) is 5.91 Å². The first-order valence-corrected chi connectivity index (χ1v) is 7.75. The lowest BCUT2D eigenvalue weighted by Crippen LogP contribution is -2.17. The molecule has 0 aliphatic heterocycles. The molecule has 0 saturated heterocycles. The van der Waals surface area contributed by atoms with Crippen LogP contribution in [-0.4, -0.2) is 21.8 Å². The Morgan fingerprint density at radius 3 is 2.69 bits per heavy atom. The second kappa shape index (κ2) is 7.71. The average Bonchev–Trinajstić information content (AvgIpc) is 2.64. The normalized spacial score (nSPS) is 10.2. The molecule has 1 amide bonds. The van der Waals surface area contributed by atoms with Gasteiger partial charge in [-0.2, -0.15) is 0 Å². The van der Waals surface area contributed by atoms with E-state index in [2.05, 4.69) is 15.3 Å². The van der Waals surface area contributed by atoms with Crippen LogP contribution in [0.4, 0.5) is 10.1 Å². The zero-order valence-electron chi connectivity index (χ0n) is 13.1. The summed E-state index contributed by atoms with van der Waals surface area (Å²) in [6.07, 6.45) is 4.00. The third kappa shape index (κ3) is 4.20. The molecule has 1 aromatic heterocycles. The molecule has 0 bridgehead atoms. The maximum absolute atomic E-state index is 13.3. The fourth-order valence-electron chi connectivity index (χ4n) is 2.09. The van der Waals surface area contributed by atoms with Crippen LogP contribution in [0.1, 0.15) is 20.8 Å². The van der Waals surface area contributed by atoms with Crippen molar-refractivity contribution in [2.75, 3.05) is 5.32 Å². The van der Waals surface area contributed by atoms with Gasteiger partial charge in [-0.25, -0.2) is 14.2 Å². The third-order valence-electron chi connectivity index (χ3n) is 3.24. The summed E-state index contributed by atoms with van der Waals surface area (Å²) in [6, 6.07) is 9.60. The number of rotatable bonds is 4. The van der Waals surface area contributed by atoms with Crippen LogP contribution in [-0.2, 0) is 0 Å². The second-order valence-corrected chi connectivity index (χ2v) is 5.52. The summed E-state index contributed by atoms with van der Waals surface area (Å²) in [4.78, 5) is 32.3. The van der Waals surface area contributed by atoms with Gasteiger partial charge in [0.05, 0.1) is 11.8 Å². The molecule has 0 spiro atoms. The highest BCUT2D eigenvalue weighted by Crippen LogP contribution is 2.25. The zero-order chi connectivity index (χ0) is 18.5. The van der Waals surface area contributed by atoms with Crippen LogP contribution in [0, 0.1) is 5.82 Å². The van der Waals surface area contributed by atoms with Crippen LogP contribution in [0.5, 0.6) is 5.75 Å². The Balaban J connectivity index is 1.86. The number of halogens is 2. The van der Waals surface area contributed by atoms with Crippen LogP contribution >= 0.6 is 11.6 Å². The van der Waals surface area contributed by atoms with E-state index in [1.165, 1.54) is 55.0 Å². The maximum atomic E-state index is 13.3. The fourth-order valence-corrected chi connectivity index (χ4v) is 2.26. The van der Waals surface area contributed by atoms with E-state index in [1.807, 2.05) is 0 Å². The van der Waals surface area contributed by atoms with Crippen LogP contribution in [0.25, 0.3) is 0 Å². The number of amides is 1. The zero-order valence-corrected chi connectivity index (χ0v) is 13.9. The van der Waals surface area contributed by atoms with Gasteiger partial charge in [-0.1, -0.05) is 17.7 Å². The summed E-state index contributed by atoms with van der Waals surface area (Å²) in [6.45, 7) is 0. The third-order valence-corrected chi connectivity index (χ3v) is 3.48. The van der Waals surface area contributed by atoms with Crippen molar-refractivity contribution in [3.8, 4) is 5.75 Å². The lowest BCUT2D eigenvalue weighted by Gasteiger charge is -2.11. The first-order chi connectivity index (χ1) is 12.5. The fraction of sp³-hybridized carbons (Fsp3) is 0. The number of carbonyl (C=O) groups is 2. The number of nitrogens with one attached hydrogen (secondary N) is 1. The van der Waals surface area contributed by atoms with Gasteiger partial charge in [0.15, 0.2) is 5.69 Å². The lowest BCUT2D eigenvalue weighted by molar-refractivity contribution is 0.0726. The number of benzene rings is 2.